The van der Waals surface area contributed by atoms with Crippen molar-refractivity contribution in [3.8, 4) is 0 Å². The Kier molecular flexibility index (Phi) is 2.01. The number of hydroxylamine groups is 2. The number of nitrogens with zero attached hydrogens (tertiary/aromatic N) is 1. The van der Waals surface area contributed by atoms with Crippen LogP contribution in [0.3, 0.4) is 0 Å². The summed E-state index contributed by atoms with van der Waals surface area (Å²) in [5.74, 6) is 0. The number of aromatic nitrogens is 1. The van der Waals surface area contributed by atoms with Gasteiger partial charge in [-0.15, -0.1) is 0 Å². The molecule has 0 amide bonds. The minimum atomic E-state index is -0.0765. The molecule has 0 radical (unpaired) electrons. The fraction of sp³-hybridized carbons (Fsp3) is 0.231. The topological polar surface area (TPSA) is 42.1 Å². The van der Waals surface area contributed by atoms with E-state index in [4.69, 9.17) is 0 Å². The highest BCUT2D eigenvalue weighted by atomic mass is 16.5. The highest BCUT2D eigenvalue weighted by Gasteiger charge is 2.20. The van der Waals surface area contributed by atoms with Gasteiger partial charge in [0.25, 0.3) is 0 Å². The molecule has 0 spiro atoms. The summed E-state index contributed by atoms with van der Waals surface area (Å²) in [5.41, 5.74) is 3.31. The molecule has 0 bridgehead atoms. The zero-order valence-corrected chi connectivity index (χ0v) is 9.10. The first-order valence-corrected chi connectivity index (χ1v) is 5.55. The molecule has 1 aliphatic heterocycles. The van der Waals surface area contributed by atoms with Gasteiger partial charge in [-0.25, -0.2) is 0 Å². The minimum absolute atomic E-state index is 0.0765. The van der Waals surface area contributed by atoms with Crippen molar-refractivity contribution in [2.75, 3.05) is 0 Å². The number of fused-ring (bicyclic) bond motifs is 3. The molecule has 0 saturated heterocycles. The number of rotatable bonds is 1. The molecule has 3 rings (SSSR count). The Morgan fingerprint density at radius 3 is 3.00 bits per heavy atom. The van der Waals surface area contributed by atoms with Crippen molar-refractivity contribution in [3.05, 3.63) is 46.9 Å². The predicted octanol–water partition coefficient (Wildman–Crippen LogP) is 3.40. The van der Waals surface area contributed by atoms with Crippen molar-refractivity contribution in [1.29, 1.82) is 0 Å². The van der Waals surface area contributed by atoms with Gasteiger partial charge in [-0.3, -0.25) is 0 Å². The SMILES string of the molecule is CCC1c2[nH]c3ccccc3c2C=CN1[O-]. The number of hydrogen-bond acceptors (Lipinski definition) is 2. The van der Waals surface area contributed by atoms with Crippen LogP contribution in [0.15, 0.2) is 30.5 Å². The van der Waals surface area contributed by atoms with E-state index in [2.05, 4.69) is 11.1 Å². The van der Waals surface area contributed by atoms with Gasteiger partial charge < -0.3 is 15.3 Å². The van der Waals surface area contributed by atoms with E-state index in [0.717, 1.165) is 28.3 Å². The molecule has 1 N–H and O–H groups in total. The maximum Gasteiger partial charge on any atom is 0.0583 e. The third kappa shape index (κ3) is 1.18. The Morgan fingerprint density at radius 1 is 1.38 bits per heavy atom. The number of benzene rings is 1. The molecule has 16 heavy (non-hydrogen) atoms. The second-order valence-corrected chi connectivity index (χ2v) is 4.10. The normalized spacial score (nSPS) is 19.1. The largest absolute Gasteiger partial charge is 0.758 e. The molecule has 1 aliphatic rings. The molecule has 3 nitrogen and oxygen atoms in total. The Hall–Kier alpha value is -1.74. The zero-order chi connectivity index (χ0) is 11.1. The van der Waals surface area contributed by atoms with E-state index in [1.165, 1.54) is 5.39 Å². The second kappa shape index (κ2) is 3.39. The number of para-hydroxylation sites is 1. The maximum absolute atomic E-state index is 11.7. The van der Waals surface area contributed by atoms with Crippen LogP contribution in [0, 0.1) is 5.21 Å². The summed E-state index contributed by atoms with van der Waals surface area (Å²) < 4.78 is 0. The highest BCUT2D eigenvalue weighted by Crippen LogP contribution is 2.35. The monoisotopic (exact) mass is 213 g/mol. The van der Waals surface area contributed by atoms with Crippen molar-refractivity contribution < 1.29 is 0 Å². The molecule has 82 valence electrons. The van der Waals surface area contributed by atoms with Gasteiger partial charge in [0.2, 0.25) is 0 Å². The van der Waals surface area contributed by atoms with E-state index in [0.29, 0.717) is 0 Å². The quantitative estimate of drug-likeness (QED) is 0.788. The molecular weight excluding hydrogens is 200 g/mol. The van der Waals surface area contributed by atoms with E-state index in [9.17, 15) is 5.21 Å². The first-order valence-electron chi connectivity index (χ1n) is 5.55. The standard InChI is InChI=1S/C13H13N2O/c1-2-12-13-10(7-8-15(12)16)9-5-3-4-6-11(9)14-13/h3-8,12,14H,2H2,1H3/q-1. The summed E-state index contributed by atoms with van der Waals surface area (Å²) >= 11 is 0. The molecule has 0 aliphatic carbocycles. The van der Waals surface area contributed by atoms with E-state index in [-0.39, 0.29) is 6.04 Å². The molecule has 2 heterocycles. The smallest absolute Gasteiger partial charge is 0.0583 e. The number of aromatic amines is 1. The van der Waals surface area contributed by atoms with Gasteiger partial charge in [-0.2, -0.15) is 0 Å². The average Bonchev–Trinajstić information content (AvgIpc) is 2.67. The lowest BCUT2D eigenvalue weighted by Gasteiger charge is -2.37. The van der Waals surface area contributed by atoms with Gasteiger partial charge >= 0.3 is 0 Å². The zero-order valence-electron chi connectivity index (χ0n) is 9.10. The molecule has 3 heteroatoms. The Balaban J connectivity index is 2.28. The highest BCUT2D eigenvalue weighted by molar-refractivity contribution is 5.91. The Bertz CT molecular complexity index is 556. The van der Waals surface area contributed by atoms with Crippen LogP contribution in [0.5, 0.6) is 0 Å². The Morgan fingerprint density at radius 2 is 2.19 bits per heavy atom. The fourth-order valence-corrected chi connectivity index (χ4v) is 2.39. The van der Waals surface area contributed by atoms with Crippen LogP contribution in [0.2, 0.25) is 0 Å². The molecule has 1 unspecified atom stereocenters. The van der Waals surface area contributed by atoms with Crippen LogP contribution in [0.4, 0.5) is 0 Å². The summed E-state index contributed by atoms with van der Waals surface area (Å²) in [6, 6.07) is 8.08. The first kappa shape index (κ1) is 9.48. The molecule has 1 aromatic carbocycles. The van der Waals surface area contributed by atoms with Crippen LogP contribution in [0.1, 0.15) is 30.6 Å². The van der Waals surface area contributed by atoms with Crippen LogP contribution >= 0.6 is 0 Å². The third-order valence-electron chi connectivity index (χ3n) is 3.19. The lowest BCUT2D eigenvalue weighted by Crippen LogP contribution is -2.20. The average molecular weight is 213 g/mol. The lowest BCUT2D eigenvalue weighted by atomic mass is 10.0. The fourth-order valence-electron chi connectivity index (χ4n) is 2.39. The van der Waals surface area contributed by atoms with Gasteiger partial charge in [0, 0.05) is 22.2 Å². The van der Waals surface area contributed by atoms with E-state index in [1.807, 2.05) is 31.2 Å². The van der Waals surface area contributed by atoms with Crippen LogP contribution in [-0.2, 0) is 0 Å². The molecular formula is C13H13N2O-. The van der Waals surface area contributed by atoms with Crippen molar-refractivity contribution in [2.45, 2.75) is 19.4 Å². The van der Waals surface area contributed by atoms with Crippen LogP contribution in [0.25, 0.3) is 17.0 Å². The van der Waals surface area contributed by atoms with Crippen molar-refractivity contribution in [2.24, 2.45) is 0 Å². The summed E-state index contributed by atoms with van der Waals surface area (Å²) in [7, 11) is 0. The number of nitrogens with one attached hydrogen (secondary N) is 1. The van der Waals surface area contributed by atoms with Crippen molar-refractivity contribution >= 4 is 17.0 Å². The van der Waals surface area contributed by atoms with E-state index < -0.39 is 0 Å². The molecule has 0 fully saturated rings. The van der Waals surface area contributed by atoms with Crippen LogP contribution < -0.4 is 0 Å². The van der Waals surface area contributed by atoms with Gasteiger partial charge in [-0.1, -0.05) is 25.1 Å². The first-order chi connectivity index (χ1) is 7.81. The number of H-pyrrole nitrogens is 1. The lowest BCUT2D eigenvalue weighted by molar-refractivity contribution is 0.356. The van der Waals surface area contributed by atoms with Gasteiger partial charge in [0.15, 0.2) is 0 Å². The Labute approximate surface area is 94.0 Å². The summed E-state index contributed by atoms with van der Waals surface area (Å²) in [4.78, 5) is 3.35. The van der Waals surface area contributed by atoms with Crippen molar-refractivity contribution in [1.82, 2.24) is 10.0 Å². The summed E-state index contributed by atoms with van der Waals surface area (Å²) in [6.07, 6.45) is 4.33. The summed E-state index contributed by atoms with van der Waals surface area (Å²) in [5, 5.41) is 13.9. The van der Waals surface area contributed by atoms with Crippen LogP contribution in [-0.4, -0.2) is 10.0 Å². The third-order valence-corrected chi connectivity index (χ3v) is 3.19. The summed E-state index contributed by atoms with van der Waals surface area (Å²) in [6.45, 7) is 2.03. The molecule has 1 atom stereocenters. The second-order valence-electron chi connectivity index (χ2n) is 4.10. The van der Waals surface area contributed by atoms with E-state index in [1.54, 1.807) is 6.20 Å². The molecule has 1 aromatic heterocycles. The maximum atomic E-state index is 11.7. The molecule has 0 saturated carbocycles. The molecule has 2 aromatic rings. The predicted molar refractivity (Wildman–Crippen MR) is 65.6 cm³/mol. The van der Waals surface area contributed by atoms with Gasteiger partial charge in [0.05, 0.1) is 6.04 Å². The minimum Gasteiger partial charge on any atom is -0.758 e. The van der Waals surface area contributed by atoms with Gasteiger partial charge in [0.1, 0.15) is 0 Å². The number of hydrogen-bond donors (Lipinski definition) is 1. The van der Waals surface area contributed by atoms with Crippen molar-refractivity contribution in [3.63, 3.8) is 0 Å². The van der Waals surface area contributed by atoms with Gasteiger partial charge in [-0.05, 0) is 24.8 Å². The van der Waals surface area contributed by atoms with E-state index >= 15 is 0 Å².